The molecule has 0 spiro atoms. The van der Waals surface area contributed by atoms with Crippen LogP contribution in [-0.4, -0.2) is 4.57 Å². The van der Waals surface area contributed by atoms with Crippen molar-refractivity contribution in [3.63, 3.8) is 0 Å². The zero-order valence-electron chi connectivity index (χ0n) is 17.8. The number of nitrogens with zero attached hydrogens (tertiary/aromatic N) is 1. The van der Waals surface area contributed by atoms with Gasteiger partial charge in [0.2, 0.25) is 0 Å². The molecule has 1 atom stereocenters. The van der Waals surface area contributed by atoms with Crippen molar-refractivity contribution in [3.05, 3.63) is 99.7 Å². The van der Waals surface area contributed by atoms with Crippen LogP contribution in [0.1, 0.15) is 24.1 Å². The molecule has 1 N–H and O–H groups in total. The van der Waals surface area contributed by atoms with Crippen molar-refractivity contribution in [2.75, 3.05) is 5.32 Å². The molecule has 0 amide bonds. The summed E-state index contributed by atoms with van der Waals surface area (Å²) in [6.45, 7) is 4.22. The van der Waals surface area contributed by atoms with Gasteiger partial charge in [0.05, 0.1) is 11.4 Å². The maximum Gasteiger partial charge on any atom is 0.258 e. The first-order chi connectivity index (χ1) is 15.0. The number of hydrogen-bond donors (Lipinski definition) is 1. The van der Waals surface area contributed by atoms with Gasteiger partial charge in [0.25, 0.3) is 5.56 Å². The maximum atomic E-state index is 13.3. The number of anilines is 1. The Bertz CT molecular complexity index is 1460. The molecule has 0 aliphatic heterocycles. The fourth-order valence-corrected chi connectivity index (χ4v) is 5.23. The standard InChI is InChI=1S/C27H24N2OS/c1-17-13-21(18(2)28-24-16-31-26-12-8-7-11-20(24)26)22-15-25(19-9-5-4-6-10-19)29(3)27(30)23(22)14-17/h4-16,18,28H,1-3H3. The Hall–Kier alpha value is -3.37. The summed E-state index contributed by atoms with van der Waals surface area (Å²) in [5.41, 5.74) is 5.37. The molecule has 5 rings (SSSR count). The van der Waals surface area contributed by atoms with Gasteiger partial charge in [-0.3, -0.25) is 4.79 Å². The highest BCUT2D eigenvalue weighted by Gasteiger charge is 2.17. The molecule has 0 bridgehead atoms. The number of nitrogens with one attached hydrogen (secondary N) is 1. The van der Waals surface area contributed by atoms with Crippen molar-refractivity contribution in [2.45, 2.75) is 19.9 Å². The molecule has 2 aromatic heterocycles. The van der Waals surface area contributed by atoms with Gasteiger partial charge in [-0.15, -0.1) is 11.3 Å². The van der Waals surface area contributed by atoms with Crippen molar-refractivity contribution in [1.82, 2.24) is 4.57 Å². The average Bonchev–Trinajstić information content (AvgIpc) is 3.19. The molecule has 4 heteroatoms. The molecule has 0 fully saturated rings. The lowest BCUT2D eigenvalue weighted by molar-refractivity contribution is 0.874. The summed E-state index contributed by atoms with van der Waals surface area (Å²) >= 11 is 1.75. The molecule has 2 heterocycles. The molecule has 3 aromatic carbocycles. The summed E-state index contributed by atoms with van der Waals surface area (Å²) in [4.78, 5) is 13.3. The van der Waals surface area contributed by atoms with Crippen LogP contribution in [0.5, 0.6) is 0 Å². The van der Waals surface area contributed by atoms with Crippen LogP contribution in [0.25, 0.3) is 32.1 Å². The Labute approximate surface area is 185 Å². The molecule has 1 unspecified atom stereocenters. The van der Waals surface area contributed by atoms with Crippen molar-refractivity contribution in [2.24, 2.45) is 7.05 Å². The first-order valence-corrected chi connectivity index (χ1v) is 11.3. The summed E-state index contributed by atoms with van der Waals surface area (Å²) < 4.78 is 3.03. The van der Waals surface area contributed by atoms with E-state index in [9.17, 15) is 4.79 Å². The van der Waals surface area contributed by atoms with E-state index in [2.05, 4.69) is 60.9 Å². The third-order valence-electron chi connectivity index (χ3n) is 5.92. The number of fused-ring (bicyclic) bond motifs is 2. The summed E-state index contributed by atoms with van der Waals surface area (Å²) in [6.07, 6.45) is 0. The minimum Gasteiger partial charge on any atom is -0.377 e. The lowest BCUT2D eigenvalue weighted by Crippen LogP contribution is -2.20. The maximum absolute atomic E-state index is 13.3. The number of benzene rings is 3. The zero-order valence-corrected chi connectivity index (χ0v) is 18.7. The summed E-state index contributed by atoms with van der Waals surface area (Å²) in [5.74, 6) is 0. The fourth-order valence-electron chi connectivity index (χ4n) is 4.33. The van der Waals surface area contributed by atoms with Gasteiger partial charge in [0.1, 0.15) is 0 Å². The van der Waals surface area contributed by atoms with Crippen molar-refractivity contribution in [3.8, 4) is 11.3 Å². The molecule has 0 saturated heterocycles. The van der Waals surface area contributed by atoms with E-state index >= 15 is 0 Å². The topological polar surface area (TPSA) is 34.0 Å². The predicted octanol–water partition coefficient (Wildman–Crippen LogP) is 6.90. The molecule has 0 radical (unpaired) electrons. The van der Waals surface area contributed by atoms with Crippen molar-refractivity contribution < 1.29 is 0 Å². The first kappa shape index (κ1) is 19.6. The highest BCUT2D eigenvalue weighted by molar-refractivity contribution is 7.17. The summed E-state index contributed by atoms with van der Waals surface area (Å²) in [6, 6.07) is 25.0. The molecule has 5 aromatic rings. The van der Waals surface area contributed by atoms with Crippen LogP contribution < -0.4 is 10.9 Å². The molecule has 0 aliphatic rings. The predicted molar refractivity (Wildman–Crippen MR) is 133 cm³/mol. The van der Waals surface area contributed by atoms with Gasteiger partial charge >= 0.3 is 0 Å². The molecule has 154 valence electrons. The molecule has 0 saturated carbocycles. The fraction of sp³-hybridized carbons (Fsp3) is 0.148. The van der Waals surface area contributed by atoms with Gasteiger partial charge in [-0.2, -0.15) is 0 Å². The number of aryl methyl sites for hydroxylation is 1. The Kier molecular flexibility index (Phi) is 4.87. The van der Waals surface area contributed by atoms with Crippen molar-refractivity contribution in [1.29, 1.82) is 0 Å². The largest absolute Gasteiger partial charge is 0.377 e. The minimum atomic E-state index is 0.0366. The quantitative estimate of drug-likeness (QED) is 0.340. The normalized spacial score (nSPS) is 12.4. The van der Waals surface area contributed by atoms with Crippen LogP contribution in [0.15, 0.2) is 83.0 Å². The number of hydrogen-bond acceptors (Lipinski definition) is 3. The lowest BCUT2D eigenvalue weighted by atomic mass is 9.96. The van der Waals surface area contributed by atoms with E-state index in [0.29, 0.717) is 0 Å². The molecule has 31 heavy (non-hydrogen) atoms. The SMILES string of the molecule is Cc1cc(C(C)Nc2csc3ccccc23)c2cc(-c3ccccc3)n(C)c(=O)c2c1. The molecular formula is C27H24N2OS. The van der Waals surface area contributed by atoms with E-state index in [0.717, 1.165) is 38.8 Å². The van der Waals surface area contributed by atoms with Crippen LogP contribution >= 0.6 is 11.3 Å². The van der Waals surface area contributed by atoms with E-state index in [1.165, 1.54) is 10.1 Å². The van der Waals surface area contributed by atoms with E-state index < -0.39 is 0 Å². The first-order valence-electron chi connectivity index (χ1n) is 10.5. The van der Waals surface area contributed by atoms with Crippen LogP contribution in [0.4, 0.5) is 5.69 Å². The Morgan fingerprint density at radius 1 is 0.903 bits per heavy atom. The Morgan fingerprint density at radius 2 is 1.65 bits per heavy atom. The monoisotopic (exact) mass is 424 g/mol. The minimum absolute atomic E-state index is 0.0366. The van der Waals surface area contributed by atoms with E-state index in [1.807, 2.05) is 43.4 Å². The zero-order chi connectivity index (χ0) is 21.5. The smallest absolute Gasteiger partial charge is 0.258 e. The van der Waals surface area contributed by atoms with E-state index in [-0.39, 0.29) is 11.6 Å². The van der Waals surface area contributed by atoms with Crippen LogP contribution in [0, 0.1) is 6.92 Å². The second kappa shape index (κ2) is 7.71. The molecule has 3 nitrogen and oxygen atoms in total. The highest BCUT2D eigenvalue weighted by Crippen LogP contribution is 2.35. The highest BCUT2D eigenvalue weighted by atomic mass is 32.1. The van der Waals surface area contributed by atoms with E-state index in [1.54, 1.807) is 15.9 Å². The number of aromatic nitrogens is 1. The second-order valence-electron chi connectivity index (χ2n) is 8.09. The third-order valence-corrected chi connectivity index (χ3v) is 6.89. The third kappa shape index (κ3) is 3.43. The van der Waals surface area contributed by atoms with Gasteiger partial charge < -0.3 is 9.88 Å². The second-order valence-corrected chi connectivity index (χ2v) is 9.00. The molecule has 0 aliphatic carbocycles. The Balaban J connectivity index is 1.67. The summed E-state index contributed by atoms with van der Waals surface area (Å²) in [5, 5.41) is 8.87. The number of pyridine rings is 1. The van der Waals surface area contributed by atoms with Gasteiger partial charge in [0.15, 0.2) is 0 Å². The number of thiophene rings is 1. The van der Waals surface area contributed by atoms with Crippen LogP contribution in [-0.2, 0) is 7.05 Å². The van der Waals surface area contributed by atoms with E-state index in [4.69, 9.17) is 0 Å². The van der Waals surface area contributed by atoms with Crippen molar-refractivity contribution >= 4 is 37.9 Å². The van der Waals surface area contributed by atoms with Gasteiger partial charge in [-0.1, -0.05) is 54.6 Å². The Morgan fingerprint density at radius 3 is 2.45 bits per heavy atom. The molecular weight excluding hydrogens is 400 g/mol. The van der Waals surface area contributed by atoms with Gasteiger partial charge in [-0.05, 0) is 54.1 Å². The number of rotatable bonds is 4. The summed E-state index contributed by atoms with van der Waals surface area (Å²) in [7, 11) is 1.85. The average molecular weight is 425 g/mol. The van der Waals surface area contributed by atoms with Gasteiger partial charge in [-0.25, -0.2) is 0 Å². The van der Waals surface area contributed by atoms with Crippen LogP contribution in [0.3, 0.4) is 0 Å². The van der Waals surface area contributed by atoms with Crippen LogP contribution in [0.2, 0.25) is 0 Å². The lowest BCUT2D eigenvalue weighted by Gasteiger charge is -2.20. The van der Waals surface area contributed by atoms with Gasteiger partial charge in [0, 0.05) is 33.9 Å².